The molecule has 1 atom stereocenters. The number of hydrogen-bond acceptors (Lipinski definition) is 4. The molecule has 0 aliphatic heterocycles. The first kappa shape index (κ1) is 10.3. The molecule has 2 aromatic heterocycles. The second-order valence-corrected chi connectivity index (χ2v) is 4.96. The number of aryl methyl sites for hydroxylation is 2. The van der Waals surface area contributed by atoms with E-state index in [0.29, 0.717) is 0 Å². The summed E-state index contributed by atoms with van der Waals surface area (Å²) in [5, 5.41) is 7.91. The van der Waals surface area contributed by atoms with Gasteiger partial charge in [-0.2, -0.15) is 0 Å². The van der Waals surface area contributed by atoms with Crippen molar-refractivity contribution < 1.29 is 0 Å². The number of rotatable bonds is 3. The molecule has 0 amide bonds. The Morgan fingerprint density at radius 1 is 1.53 bits per heavy atom. The molecule has 80 valence electrons. The molecule has 2 heterocycles. The van der Waals surface area contributed by atoms with Crippen molar-refractivity contribution >= 4 is 11.3 Å². The molecule has 0 radical (unpaired) electrons. The summed E-state index contributed by atoms with van der Waals surface area (Å²) in [7, 11) is 1.86. The van der Waals surface area contributed by atoms with E-state index in [1.165, 1.54) is 9.75 Å². The number of aromatic nitrogens is 3. The lowest BCUT2D eigenvalue weighted by molar-refractivity contribution is 0.700. The molecular formula is C10H14N4S. The van der Waals surface area contributed by atoms with Crippen molar-refractivity contribution in [3.05, 3.63) is 33.8 Å². The largest absolute Gasteiger partial charge is 0.323 e. The summed E-state index contributed by atoms with van der Waals surface area (Å²) in [6.07, 6.45) is 2.65. The van der Waals surface area contributed by atoms with Gasteiger partial charge in [-0.05, 0) is 19.1 Å². The lowest BCUT2D eigenvalue weighted by Crippen LogP contribution is -2.11. The Morgan fingerprint density at radius 2 is 2.33 bits per heavy atom. The van der Waals surface area contributed by atoms with Crippen LogP contribution in [0, 0.1) is 6.92 Å². The lowest BCUT2D eigenvalue weighted by Gasteiger charge is -2.05. The predicted molar refractivity (Wildman–Crippen MR) is 60.7 cm³/mol. The Bertz CT molecular complexity index is 446. The quantitative estimate of drug-likeness (QED) is 0.854. The van der Waals surface area contributed by atoms with Gasteiger partial charge in [0.15, 0.2) is 0 Å². The molecule has 0 spiro atoms. The molecule has 0 bridgehead atoms. The van der Waals surface area contributed by atoms with Crippen LogP contribution in [0.25, 0.3) is 0 Å². The molecule has 2 aromatic rings. The highest BCUT2D eigenvalue weighted by Gasteiger charge is 2.11. The number of nitrogens with zero attached hydrogens (tertiary/aromatic N) is 3. The van der Waals surface area contributed by atoms with E-state index in [1.807, 2.05) is 13.2 Å². The number of nitrogens with two attached hydrogens (primary N) is 1. The van der Waals surface area contributed by atoms with E-state index in [9.17, 15) is 0 Å². The third kappa shape index (κ3) is 2.43. The molecular weight excluding hydrogens is 208 g/mol. The molecule has 1 unspecified atom stereocenters. The first-order chi connectivity index (χ1) is 7.15. The third-order valence-electron chi connectivity index (χ3n) is 2.21. The second kappa shape index (κ2) is 4.12. The molecule has 5 heteroatoms. The monoisotopic (exact) mass is 222 g/mol. The number of hydrogen-bond donors (Lipinski definition) is 1. The van der Waals surface area contributed by atoms with Gasteiger partial charge in [0.2, 0.25) is 0 Å². The van der Waals surface area contributed by atoms with Gasteiger partial charge < -0.3 is 5.73 Å². The van der Waals surface area contributed by atoms with E-state index < -0.39 is 0 Å². The Morgan fingerprint density at radius 3 is 2.87 bits per heavy atom. The van der Waals surface area contributed by atoms with Crippen molar-refractivity contribution in [2.24, 2.45) is 12.8 Å². The second-order valence-electron chi connectivity index (χ2n) is 3.64. The standard InChI is InChI=1S/C10H14N4S/c1-7-3-4-10(15-7)9(11)5-8-6-14(2)13-12-8/h3-4,6,9H,5,11H2,1-2H3. The van der Waals surface area contributed by atoms with Gasteiger partial charge in [0.1, 0.15) is 0 Å². The predicted octanol–water partition coefficient (Wildman–Crippen LogP) is 1.43. The van der Waals surface area contributed by atoms with E-state index in [1.54, 1.807) is 16.0 Å². The summed E-state index contributed by atoms with van der Waals surface area (Å²) in [5.74, 6) is 0. The van der Waals surface area contributed by atoms with Crippen LogP contribution in [0.1, 0.15) is 21.5 Å². The molecule has 0 aliphatic carbocycles. The normalized spacial score (nSPS) is 13.0. The average Bonchev–Trinajstić information content (AvgIpc) is 2.75. The fraction of sp³-hybridized carbons (Fsp3) is 0.400. The summed E-state index contributed by atoms with van der Waals surface area (Å²) < 4.78 is 1.70. The lowest BCUT2D eigenvalue weighted by atomic mass is 10.1. The summed E-state index contributed by atoms with van der Waals surface area (Å²) in [5.41, 5.74) is 7.02. The Balaban J connectivity index is 2.06. The molecule has 4 nitrogen and oxygen atoms in total. The first-order valence-corrected chi connectivity index (χ1v) is 5.64. The highest BCUT2D eigenvalue weighted by atomic mass is 32.1. The summed E-state index contributed by atoms with van der Waals surface area (Å²) in [6.45, 7) is 2.09. The Hall–Kier alpha value is -1.20. The maximum atomic E-state index is 6.08. The van der Waals surface area contributed by atoms with E-state index in [0.717, 1.165) is 12.1 Å². The highest BCUT2D eigenvalue weighted by molar-refractivity contribution is 7.12. The van der Waals surface area contributed by atoms with Crippen molar-refractivity contribution in [1.29, 1.82) is 0 Å². The van der Waals surface area contributed by atoms with Crippen LogP contribution < -0.4 is 5.73 Å². The van der Waals surface area contributed by atoms with E-state index in [-0.39, 0.29) is 6.04 Å². The Labute approximate surface area is 92.7 Å². The van der Waals surface area contributed by atoms with Crippen molar-refractivity contribution in [3.63, 3.8) is 0 Å². The molecule has 0 aliphatic rings. The van der Waals surface area contributed by atoms with Crippen molar-refractivity contribution in [2.45, 2.75) is 19.4 Å². The van der Waals surface area contributed by atoms with Crippen molar-refractivity contribution in [1.82, 2.24) is 15.0 Å². The van der Waals surface area contributed by atoms with Crippen LogP contribution in [0.2, 0.25) is 0 Å². The van der Waals surface area contributed by atoms with Gasteiger partial charge in [-0.3, -0.25) is 4.68 Å². The van der Waals surface area contributed by atoms with Crippen molar-refractivity contribution in [3.8, 4) is 0 Å². The van der Waals surface area contributed by atoms with Crippen LogP contribution in [0.5, 0.6) is 0 Å². The van der Waals surface area contributed by atoms with Crippen LogP contribution in [-0.2, 0) is 13.5 Å². The molecule has 2 rings (SSSR count). The minimum atomic E-state index is 0.0281. The van der Waals surface area contributed by atoms with Crippen LogP contribution >= 0.6 is 11.3 Å². The van der Waals surface area contributed by atoms with Crippen LogP contribution in [0.4, 0.5) is 0 Å². The van der Waals surface area contributed by atoms with Gasteiger partial charge in [0, 0.05) is 35.5 Å². The molecule has 0 fully saturated rings. The molecule has 2 N–H and O–H groups in total. The fourth-order valence-electron chi connectivity index (χ4n) is 1.47. The van der Waals surface area contributed by atoms with E-state index in [2.05, 4.69) is 29.4 Å². The minimum absolute atomic E-state index is 0.0281. The van der Waals surface area contributed by atoms with Gasteiger partial charge in [-0.15, -0.1) is 16.4 Å². The number of thiophene rings is 1. The van der Waals surface area contributed by atoms with E-state index in [4.69, 9.17) is 5.73 Å². The van der Waals surface area contributed by atoms with Crippen molar-refractivity contribution in [2.75, 3.05) is 0 Å². The molecule has 0 saturated heterocycles. The topological polar surface area (TPSA) is 56.7 Å². The maximum Gasteiger partial charge on any atom is 0.0846 e. The smallest absolute Gasteiger partial charge is 0.0846 e. The van der Waals surface area contributed by atoms with Gasteiger partial charge in [0.05, 0.1) is 5.69 Å². The zero-order valence-corrected chi connectivity index (χ0v) is 9.66. The molecule has 15 heavy (non-hydrogen) atoms. The SMILES string of the molecule is Cc1ccc(C(N)Cc2cn(C)nn2)s1. The third-order valence-corrected chi connectivity index (χ3v) is 3.34. The fourth-order valence-corrected chi connectivity index (χ4v) is 2.35. The zero-order chi connectivity index (χ0) is 10.8. The molecule has 0 aromatic carbocycles. The van der Waals surface area contributed by atoms with Gasteiger partial charge in [-0.1, -0.05) is 5.21 Å². The summed E-state index contributed by atoms with van der Waals surface area (Å²) in [6, 6.07) is 4.21. The molecule has 0 saturated carbocycles. The van der Waals surface area contributed by atoms with Gasteiger partial charge in [-0.25, -0.2) is 0 Å². The van der Waals surface area contributed by atoms with Gasteiger partial charge >= 0.3 is 0 Å². The summed E-state index contributed by atoms with van der Waals surface area (Å²) in [4.78, 5) is 2.50. The maximum absolute atomic E-state index is 6.08. The highest BCUT2D eigenvalue weighted by Crippen LogP contribution is 2.23. The van der Waals surface area contributed by atoms with E-state index >= 15 is 0 Å². The first-order valence-electron chi connectivity index (χ1n) is 4.82. The van der Waals surface area contributed by atoms with Crippen LogP contribution in [-0.4, -0.2) is 15.0 Å². The minimum Gasteiger partial charge on any atom is -0.323 e. The van der Waals surface area contributed by atoms with Crippen LogP contribution in [0.3, 0.4) is 0 Å². The van der Waals surface area contributed by atoms with Gasteiger partial charge in [0.25, 0.3) is 0 Å². The zero-order valence-electron chi connectivity index (χ0n) is 8.84. The van der Waals surface area contributed by atoms with Crippen LogP contribution in [0.15, 0.2) is 18.3 Å². The Kier molecular flexibility index (Phi) is 2.83. The summed E-state index contributed by atoms with van der Waals surface area (Å²) >= 11 is 1.74. The average molecular weight is 222 g/mol.